The van der Waals surface area contributed by atoms with Crippen LogP contribution < -0.4 is 4.72 Å². The first-order valence-corrected chi connectivity index (χ1v) is 6.98. The Morgan fingerprint density at radius 1 is 1.47 bits per heavy atom. The number of oxazole rings is 1. The zero-order valence-electron chi connectivity index (χ0n) is 10.5. The van der Waals surface area contributed by atoms with E-state index < -0.39 is 16.6 Å². The van der Waals surface area contributed by atoms with E-state index >= 15 is 0 Å². The second-order valence-corrected chi connectivity index (χ2v) is 5.68. The fourth-order valence-corrected chi connectivity index (χ4v) is 2.97. The number of aromatic amines is 1. The lowest BCUT2D eigenvalue weighted by atomic mass is 10.4. The maximum atomic E-state index is 12.1. The minimum absolute atomic E-state index is 0.0433. The van der Waals surface area contributed by atoms with Crippen LogP contribution in [0.15, 0.2) is 15.5 Å². The monoisotopic (exact) mass is 286 g/mol. The summed E-state index contributed by atoms with van der Waals surface area (Å²) in [5.41, 5.74) is 0.439. The van der Waals surface area contributed by atoms with E-state index in [1.54, 1.807) is 13.8 Å². The second-order valence-electron chi connectivity index (χ2n) is 3.97. The van der Waals surface area contributed by atoms with Crippen LogP contribution in [-0.2, 0) is 23.2 Å². The van der Waals surface area contributed by atoms with Gasteiger partial charge >= 0.3 is 0 Å². The topological polar surface area (TPSA) is 121 Å². The molecule has 0 aromatic carbocycles. The molecule has 0 aliphatic heterocycles. The number of hydrogen-bond donors (Lipinski definition) is 3. The molecule has 2 heterocycles. The van der Waals surface area contributed by atoms with Crippen molar-refractivity contribution in [3.05, 3.63) is 29.2 Å². The highest BCUT2D eigenvalue weighted by molar-refractivity contribution is 7.89. The van der Waals surface area contributed by atoms with Crippen molar-refractivity contribution in [1.82, 2.24) is 19.9 Å². The molecule has 0 spiro atoms. The molecule has 2 rings (SSSR count). The highest BCUT2D eigenvalue weighted by atomic mass is 32.2. The van der Waals surface area contributed by atoms with Crippen molar-refractivity contribution in [3.8, 4) is 0 Å². The summed E-state index contributed by atoms with van der Waals surface area (Å²) >= 11 is 0. The Bertz CT molecular complexity index is 674. The fourth-order valence-electron chi connectivity index (χ4n) is 1.65. The van der Waals surface area contributed by atoms with E-state index in [9.17, 15) is 8.42 Å². The van der Waals surface area contributed by atoms with E-state index in [4.69, 9.17) is 9.52 Å². The summed E-state index contributed by atoms with van der Waals surface area (Å²) in [4.78, 5) is 3.86. The van der Waals surface area contributed by atoms with Gasteiger partial charge in [-0.25, -0.2) is 18.1 Å². The van der Waals surface area contributed by atoms with Crippen LogP contribution in [-0.4, -0.2) is 28.7 Å². The molecule has 3 N–H and O–H groups in total. The quantitative estimate of drug-likeness (QED) is 0.710. The SMILES string of the molecule is Cc1cnc(CNS(=O)(=O)c2c(CO)n[nH]c2C)o1. The lowest BCUT2D eigenvalue weighted by Gasteiger charge is -2.05. The Balaban J connectivity index is 2.20. The Morgan fingerprint density at radius 3 is 2.79 bits per heavy atom. The number of aryl methyl sites for hydroxylation is 2. The molecule has 2 aromatic heterocycles. The zero-order chi connectivity index (χ0) is 14.0. The third kappa shape index (κ3) is 2.83. The molecule has 0 saturated carbocycles. The van der Waals surface area contributed by atoms with Gasteiger partial charge < -0.3 is 9.52 Å². The summed E-state index contributed by atoms with van der Waals surface area (Å²) in [5.74, 6) is 0.873. The lowest BCUT2D eigenvalue weighted by molar-refractivity contribution is 0.273. The normalized spacial score (nSPS) is 11.9. The average molecular weight is 286 g/mol. The number of rotatable bonds is 5. The van der Waals surface area contributed by atoms with E-state index in [1.807, 2.05) is 0 Å². The third-order valence-corrected chi connectivity index (χ3v) is 4.07. The molecule has 0 aliphatic carbocycles. The van der Waals surface area contributed by atoms with Gasteiger partial charge in [-0.15, -0.1) is 0 Å². The zero-order valence-corrected chi connectivity index (χ0v) is 11.3. The van der Waals surface area contributed by atoms with Crippen LogP contribution in [0.4, 0.5) is 0 Å². The molecule has 0 unspecified atom stereocenters. The van der Waals surface area contributed by atoms with Gasteiger partial charge in [0.1, 0.15) is 16.3 Å². The average Bonchev–Trinajstić information content (AvgIpc) is 2.93. The molecular weight excluding hydrogens is 272 g/mol. The van der Waals surface area contributed by atoms with E-state index in [0.29, 0.717) is 11.5 Å². The molecule has 0 aliphatic rings. The number of hydrogen-bond acceptors (Lipinski definition) is 6. The number of H-pyrrole nitrogens is 1. The van der Waals surface area contributed by atoms with Crippen molar-refractivity contribution >= 4 is 10.0 Å². The molecule has 0 radical (unpaired) electrons. The standard InChI is InChI=1S/C10H14N4O4S/c1-6-3-11-9(18-6)4-12-19(16,17)10-7(2)13-14-8(10)5-15/h3,12,15H,4-5H2,1-2H3,(H,13,14). The summed E-state index contributed by atoms with van der Waals surface area (Å²) < 4.78 is 31.8. The number of aliphatic hydroxyl groups excluding tert-OH is 1. The number of aliphatic hydroxyl groups is 1. The van der Waals surface area contributed by atoms with Crippen LogP contribution in [0.25, 0.3) is 0 Å². The largest absolute Gasteiger partial charge is 0.445 e. The summed E-state index contributed by atoms with van der Waals surface area (Å²) in [5, 5.41) is 15.3. The van der Waals surface area contributed by atoms with E-state index in [1.165, 1.54) is 6.20 Å². The maximum absolute atomic E-state index is 12.1. The predicted molar refractivity (Wildman–Crippen MR) is 64.5 cm³/mol. The van der Waals surface area contributed by atoms with Gasteiger partial charge in [-0.2, -0.15) is 5.10 Å². The first-order chi connectivity index (χ1) is 8.94. The minimum atomic E-state index is -3.78. The van der Waals surface area contributed by atoms with Crippen molar-refractivity contribution in [2.24, 2.45) is 0 Å². The molecule has 104 valence electrons. The van der Waals surface area contributed by atoms with Gasteiger partial charge in [0.2, 0.25) is 15.9 Å². The number of sulfonamides is 1. The van der Waals surface area contributed by atoms with E-state index in [2.05, 4.69) is 19.9 Å². The van der Waals surface area contributed by atoms with Gasteiger partial charge in [-0.05, 0) is 13.8 Å². The van der Waals surface area contributed by atoms with Gasteiger partial charge in [0, 0.05) is 0 Å². The Labute approximate surface area is 109 Å². The smallest absolute Gasteiger partial charge is 0.244 e. The Hall–Kier alpha value is -1.71. The second kappa shape index (κ2) is 5.11. The van der Waals surface area contributed by atoms with Crippen LogP contribution in [0.1, 0.15) is 23.0 Å². The van der Waals surface area contributed by atoms with Crippen LogP contribution in [0.3, 0.4) is 0 Å². The Kier molecular flexibility index (Phi) is 3.69. The van der Waals surface area contributed by atoms with Gasteiger partial charge in [0.25, 0.3) is 0 Å². The van der Waals surface area contributed by atoms with Gasteiger partial charge in [0.05, 0.1) is 25.0 Å². The van der Waals surface area contributed by atoms with Crippen molar-refractivity contribution < 1.29 is 17.9 Å². The number of nitrogens with zero attached hydrogens (tertiary/aromatic N) is 2. The first-order valence-electron chi connectivity index (χ1n) is 5.49. The van der Waals surface area contributed by atoms with Crippen LogP contribution >= 0.6 is 0 Å². The summed E-state index contributed by atoms with van der Waals surface area (Å²) in [6, 6.07) is 0. The predicted octanol–water partition coefficient (Wildman–Crippen LogP) is -0.0147. The lowest BCUT2D eigenvalue weighted by Crippen LogP contribution is -2.24. The molecule has 0 bridgehead atoms. The van der Waals surface area contributed by atoms with Crippen molar-refractivity contribution in [3.63, 3.8) is 0 Å². The Morgan fingerprint density at radius 2 is 2.21 bits per heavy atom. The molecule has 19 heavy (non-hydrogen) atoms. The van der Waals surface area contributed by atoms with Crippen molar-refractivity contribution in [2.75, 3.05) is 0 Å². The van der Waals surface area contributed by atoms with Gasteiger partial charge in [-0.3, -0.25) is 5.10 Å². The minimum Gasteiger partial charge on any atom is -0.445 e. The van der Waals surface area contributed by atoms with E-state index in [0.717, 1.165) is 0 Å². The van der Waals surface area contributed by atoms with Gasteiger partial charge in [0.15, 0.2) is 0 Å². The maximum Gasteiger partial charge on any atom is 0.244 e. The van der Waals surface area contributed by atoms with Crippen molar-refractivity contribution in [2.45, 2.75) is 31.9 Å². The first kappa shape index (κ1) is 13.7. The third-order valence-electron chi connectivity index (χ3n) is 2.46. The molecule has 0 fully saturated rings. The van der Waals surface area contributed by atoms with E-state index in [-0.39, 0.29) is 23.0 Å². The summed E-state index contributed by atoms with van der Waals surface area (Å²) in [7, 11) is -3.78. The van der Waals surface area contributed by atoms with Crippen LogP contribution in [0.2, 0.25) is 0 Å². The molecule has 0 saturated heterocycles. The highest BCUT2D eigenvalue weighted by Gasteiger charge is 2.24. The molecule has 2 aromatic rings. The summed E-state index contributed by atoms with van der Waals surface area (Å²) in [6.45, 7) is 2.76. The highest BCUT2D eigenvalue weighted by Crippen LogP contribution is 2.17. The van der Waals surface area contributed by atoms with Crippen LogP contribution in [0.5, 0.6) is 0 Å². The van der Waals surface area contributed by atoms with Crippen molar-refractivity contribution in [1.29, 1.82) is 0 Å². The molecule has 9 heteroatoms. The number of aromatic nitrogens is 3. The van der Waals surface area contributed by atoms with Crippen LogP contribution in [0, 0.1) is 13.8 Å². The molecule has 8 nitrogen and oxygen atoms in total. The number of nitrogens with one attached hydrogen (secondary N) is 2. The molecule has 0 atom stereocenters. The fraction of sp³-hybridized carbons (Fsp3) is 0.400. The van der Waals surface area contributed by atoms with Gasteiger partial charge in [-0.1, -0.05) is 0 Å². The molecule has 0 amide bonds. The summed E-state index contributed by atoms with van der Waals surface area (Å²) in [6.07, 6.45) is 1.51. The molecular formula is C10H14N4O4S.